The van der Waals surface area contributed by atoms with Crippen molar-refractivity contribution in [1.29, 1.82) is 5.26 Å². The molecule has 0 aromatic carbocycles. The Morgan fingerprint density at radius 2 is 2.29 bits per heavy atom. The van der Waals surface area contributed by atoms with Crippen molar-refractivity contribution in [3.05, 3.63) is 26.6 Å². The first-order chi connectivity index (χ1) is 6.61. The Kier molecular flexibility index (Phi) is 4.19. The Balaban J connectivity index is 3.45. The summed E-state index contributed by atoms with van der Waals surface area (Å²) < 4.78 is 25.3. The second kappa shape index (κ2) is 4.98. The molecule has 1 rings (SSSR count). The molecule has 1 heterocycles. The fourth-order valence-corrected chi connectivity index (χ4v) is 2.05. The van der Waals surface area contributed by atoms with Gasteiger partial charge in [-0.3, -0.25) is 0 Å². The largest absolute Gasteiger partial charge is 0.267 e. The van der Waals surface area contributed by atoms with Gasteiger partial charge in [0, 0.05) is 11.5 Å². The standard InChI is InChI=1S/C8H4BrF2IN2/c9-1-4-3-14-8(12)6(7(10)11)5(4)2-13/h3,7H,1H2. The van der Waals surface area contributed by atoms with Gasteiger partial charge in [0.15, 0.2) is 0 Å². The van der Waals surface area contributed by atoms with E-state index in [1.807, 2.05) is 0 Å². The summed E-state index contributed by atoms with van der Waals surface area (Å²) in [6, 6.07) is 1.78. The summed E-state index contributed by atoms with van der Waals surface area (Å²) in [5.74, 6) is 0. The van der Waals surface area contributed by atoms with E-state index in [4.69, 9.17) is 5.26 Å². The lowest BCUT2D eigenvalue weighted by atomic mass is 10.1. The van der Waals surface area contributed by atoms with E-state index in [-0.39, 0.29) is 14.8 Å². The van der Waals surface area contributed by atoms with E-state index in [1.165, 1.54) is 6.20 Å². The lowest BCUT2D eigenvalue weighted by molar-refractivity contribution is 0.149. The average molecular weight is 373 g/mol. The maximum Gasteiger partial charge on any atom is 0.267 e. The predicted molar refractivity (Wildman–Crippen MR) is 59.3 cm³/mol. The first-order valence-corrected chi connectivity index (χ1v) is 5.73. The van der Waals surface area contributed by atoms with E-state index in [0.29, 0.717) is 10.9 Å². The Morgan fingerprint density at radius 3 is 2.71 bits per heavy atom. The third kappa shape index (κ3) is 2.20. The molecule has 0 aliphatic carbocycles. The van der Waals surface area contributed by atoms with Gasteiger partial charge in [-0.15, -0.1) is 0 Å². The van der Waals surface area contributed by atoms with Crippen molar-refractivity contribution in [2.45, 2.75) is 11.8 Å². The van der Waals surface area contributed by atoms with Crippen LogP contribution in [0.1, 0.15) is 23.1 Å². The molecule has 0 aliphatic rings. The number of hydrogen-bond donors (Lipinski definition) is 0. The van der Waals surface area contributed by atoms with Crippen LogP contribution in [0.15, 0.2) is 6.20 Å². The van der Waals surface area contributed by atoms with Crippen molar-refractivity contribution in [3.8, 4) is 6.07 Å². The van der Waals surface area contributed by atoms with Crippen LogP contribution in [0, 0.1) is 15.0 Å². The lowest BCUT2D eigenvalue weighted by Crippen LogP contribution is -2.01. The molecule has 0 saturated heterocycles. The van der Waals surface area contributed by atoms with Gasteiger partial charge in [-0.05, 0) is 28.2 Å². The summed E-state index contributed by atoms with van der Waals surface area (Å²) in [6.45, 7) is 0. The summed E-state index contributed by atoms with van der Waals surface area (Å²) in [7, 11) is 0. The van der Waals surface area contributed by atoms with Gasteiger partial charge >= 0.3 is 0 Å². The van der Waals surface area contributed by atoms with Gasteiger partial charge in [-0.2, -0.15) is 5.26 Å². The Labute approximate surface area is 102 Å². The third-order valence-electron chi connectivity index (χ3n) is 1.62. The normalized spacial score (nSPS) is 10.3. The van der Waals surface area contributed by atoms with Gasteiger partial charge in [0.1, 0.15) is 9.77 Å². The van der Waals surface area contributed by atoms with Gasteiger partial charge in [0.25, 0.3) is 6.43 Å². The second-order valence-electron chi connectivity index (χ2n) is 2.41. The molecule has 2 nitrogen and oxygen atoms in total. The van der Waals surface area contributed by atoms with Crippen molar-refractivity contribution in [3.63, 3.8) is 0 Å². The van der Waals surface area contributed by atoms with Crippen LogP contribution < -0.4 is 0 Å². The topological polar surface area (TPSA) is 36.7 Å². The molecule has 0 aliphatic heterocycles. The second-order valence-corrected chi connectivity index (χ2v) is 3.99. The number of pyridine rings is 1. The van der Waals surface area contributed by atoms with Crippen molar-refractivity contribution in [2.24, 2.45) is 0 Å². The number of rotatable bonds is 2. The zero-order valence-corrected chi connectivity index (χ0v) is 10.5. The molecule has 0 spiro atoms. The number of alkyl halides is 3. The molecule has 0 N–H and O–H groups in total. The van der Waals surface area contributed by atoms with Gasteiger partial charge in [0.2, 0.25) is 0 Å². The molecule has 0 amide bonds. The number of hydrogen-bond acceptors (Lipinski definition) is 2. The van der Waals surface area contributed by atoms with E-state index in [1.54, 1.807) is 28.7 Å². The molecular weight excluding hydrogens is 369 g/mol. The van der Waals surface area contributed by atoms with Gasteiger partial charge in [0.05, 0.1) is 11.1 Å². The minimum Gasteiger partial charge on any atom is -0.249 e. The quantitative estimate of drug-likeness (QED) is 0.453. The van der Waals surface area contributed by atoms with Crippen LogP contribution >= 0.6 is 38.5 Å². The average Bonchev–Trinajstić information content (AvgIpc) is 2.16. The Hall–Kier alpha value is -0.290. The summed E-state index contributed by atoms with van der Waals surface area (Å²) in [4.78, 5) is 3.81. The van der Waals surface area contributed by atoms with E-state index >= 15 is 0 Å². The van der Waals surface area contributed by atoms with Crippen LogP contribution in [-0.2, 0) is 5.33 Å². The Morgan fingerprint density at radius 1 is 1.64 bits per heavy atom. The highest BCUT2D eigenvalue weighted by molar-refractivity contribution is 14.1. The molecule has 1 aromatic heterocycles. The number of nitriles is 1. The van der Waals surface area contributed by atoms with Crippen LogP contribution in [0.2, 0.25) is 0 Å². The molecule has 0 fully saturated rings. The SMILES string of the molecule is N#Cc1c(CBr)cnc(I)c1C(F)F. The van der Waals surface area contributed by atoms with Crippen molar-refractivity contribution in [2.75, 3.05) is 0 Å². The highest BCUT2D eigenvalue weighted by atomic mass is 127. The highest BCUT2D eigenvalue weighted by Crippen LogP contribution is 2.29. The molecular formula is C8H4BrF2IN2. The fraction of sp³-hybridized carbons (Fsp3) is 0.250. The minimum absolute atomic E-state index is 0.0243. The monoisotopic (exact) mass is 372 g/mol. The van der Waals surface area contributed by atoms with E-state index in [0.717, 1.165) is 0 Å². The van der Waals surface area contributed by atoms with Crippen molar-refractivity contribution >= 4 is 38.5 Å². The molecule has 0 bridgehead atoms. The minimum atomic E-state index is -2.66. The number of aromatic nitrogens is 1. The van der Waals surface area contributed by atoms with Crippen LogP contribution in [0.4, 0.5) is 8.78 Å². The maximum atomic E-state index is 12.6. The molecule has 0 atom stereocenters. The first kappa shape index (κ1) is 11.8. The van der Waals surface area contributed by atoms with E-state index in [9.17, 15) is 8.78 Å². The van der Waals surface area contributed by atoms with Crippen LogP contribution in [0.3, 0.4) is 0 Å². The molecule has 1 aromatic rings. The summed E-state index contributed by atoms with van der Waals surface area (Å²) in [5.41, 5.74) is 0.240. The third-order valence-corrected chi connectivity index (χ3v) is 3.08. The van der Waals surface area contributed by atoms with Crippen molar-refractivity contribution in [1.82, 2.24) is 4.98 Å². The Bertz CT molecular complexity index is 390. The van der Waals surface area contributed by atoms with Crippen LogP contribution in [-0.4, -0.2) is 4.98 Å². The van der Waals surface area contributed by atoms with E-state index in [2.05, 4.69) is 20.9 Å². The molecule has 14 heavy (non-hydrogen) atoms. The van der Waals surface area contributed by atoms with Crippen LogP contribution in [0.25, 0.3) is 0 Å². The summed E-state index contributed by atoms with van der Waals surface area (Å²) >= 11 is 4.82. The number of nitrogens with zero attached hydrogens (tertiary/aromatic N) is 2. The highest BCUT2D eigenvalue weighted by Gasteiger charge is 2.20. The number of halogens is 4. The first-order valence-electron chi connectivity index (χ1n) is 3.53. The summed E-state index contributed by atoms with van der Waals surface area (Å²) in [5, 5.41) is 9.12. The molecule has 0 radical (unpaired) electrons. The molecule has 74 valence electrons. The van der Waals surface area contributed by atoms with Crippen molar-refractivity contribution < 1.29 is 8.78 Å². The van der Waals surface area contributed by atoms with Gasteiger partial charge in [-0.25, -0.2) is 13.8 Å². The van der Waals surface area contributed by atoms with Gasteiger partial charge < -0.3 is 0 Å². The predicted octanol–water partition coefficient (Wildman–Crippen LogP) is 3.39. The lowest BCUT2D eigenvalue weighted by Gasteiger charge is -2.07. The van der Waals surface area contributed by atoms with Crippen LogP contribution in [0.5, 0.6) is 0 Å². The molecule has 0 saturated carbocycles. The summed E-state index contributed by atoms with van der Waals surface area (Å²) in [6.07, 6.45) is -1.23. The van der Waals surface area contributed by atoms with Gasteiger partial charge in [-0.1, -0.05) is 15.9 Å². The fourth-order valence-electron chi connectivity index (χ4n) is 0.977. The zero-order chi connectivity index (χ0) is 10.7. The molecule has 6 heteroatoms. The molecule has 0 unspecified atom stereocenters. The zero-order valence-electron chi connectivity index (χ0n) is 6.77. The maximum absolute atomic E-state index is 12.6. The smallest absolute Gasteiger partial charge is 0.249 e. The van der Waals surface area contributed by atoms with E-state index < -0.39 is 6.43 Å².